The lowest BCUT2D eigenvalue weighted by atomic mass is 9.88. The SMILES string of the molecule is CC.CCc1cc(CC)c(-c2nnc(N)o2)cc1C(=O)N1CCC(c2ccc(C#N)cc2)CC1. The molecular formula is C27H33N5O2. The number of rotatable bonds is 5. The van der Waals surface area contributed by atoms with E-state index in [1.165, 1.54) is 5.56 Å². The number of hydrogen-bond donors (Lipinski definition) is 1. The van der Waals surface area contributed by atoms with E-state index >= 15 is 0 Å². The van der Waals surface area contributed by atoms with Crippen molar-refractivity contribution >= 4 is 11.9 Å². The molecule has 1 saturated heterocycles. The highest BCUT2D eigenvalue weighted by atomic mass is 16.4. The van der Waals surface area contributed by atoms with Gasteiger partial charge in [-0.3, -0.25) is 4.79 Å². The van der Waals surface area contributed by atoms with E-state index in [4.69, 9.17) is 15.4 Å². The Bertz CT molecular complexity index is 1150. The summed E-state index contributed by atoms with van der Waals surface area (Å²) in [6.45, 7) is 9.52. The fourth-order valence-electron chi connectivity index (χ4n) is 4.44. The first kappa shape index (κ1) is 25.0. The van der Waals surface area contributed by atoms with Gasteiger partial charge in [0.1, 0.15) is 0 Å². The zero-order chi connectivity index (χ0) is 24.7. The Hall–Kier alpha value is -3.66. The number of nitrogens with zero attached hydrogens (tertiary/aromatic N) is 4. The zero-order valence-electron chi connectivity index (χ0n) is 20.5. The molecule has 178 valence electrons. The number of carbonyl (C=O) groups excluding carboxylic acids is 1. The molecule has 0 saturated carbocycles. The van der Waals surface area contributed by atoms with E-state index in [9.17, 15) is 4.79 Å². The summed E-state index contributed by atoms with van der Waals surface area (Å²) in [5.74, 6) is 0.781. The molecule has 1 fully saturated rings. The van der Waals surface area contributed by atoms with Crippen LogP contribution >= 0.6 is 0 Å². The molecule has 0 spiro atoms. The number of nitrogen functional groups attached to an aromatic ring is 1. The van der Waals surface area contributed by atoms with E-state index < -0.39 is 0 Å². The number of piperidine rings is 1. The van der Waals surface area contributed by atoms with E-state index in [0.717, 1.165) is 42.4 Å². The van der Waals surface area contributed by atoms with Crippen LogP contribution in [0.4, 0.5) is 6.01 Å². The highest BCUT2D eigenvalue weighted by molar-refractivity contribution is 5.97. The molecule has 34 heavy (non-hydrogen) atoms. The van der Waals surface area contributed by atoms with Crippen LogP contribution in [-0.4, -0.2) is 34.1 Å². The summed E-state index contributed by atoms with van der Waals surface area (Å²) in [7, 11) is 0. The number of carbonyl (C=O) groups is 1. The number of amides is 1. The molecule has 0 aliphatic carbocycles. The normalized spacial score (nSPS) is 13.7. The molecule has 0 bridgehead atoms. The second-order valence-electron chi connectivity index (χ2n) is 8.12. The predicted octanol–water partition coefficient (Wildman–Crippen LogP) is 5.36. The van der Waals surface area contributed by atoms with Crippen molar-refractivity contribution < 1.29 is 9.21 Å². The van der Waals surface area contributed by atoms with Gasteiger partial charge in [-0.1, -0.05) is 51.0 Å². The second kappa shape index (κ2) is 11.5. The Balaban J connectivity index is 0.00000158. The van der Waals surface area contributed by atoms with E-state index in [1.54, 1.807) is 0 Å². The Morgan fingerprint density at radius 3 is 2.26 bits per heavy atom. The van der Waals surface area contributed by atoms with Crippen molar-refractivity contribution in [2.75, 3.05) is 18.8 Å². The monoisotopic (exact) mass is 459 g/mol. The fraction of sp³-hybridized carbons (Fsp3) is 0.407. The van der Waals surface area contributed by atoms with Crippen LogP contribution in [0.2, 0.25) is 0 Å². The van der Waals surface area contributed by atoms with Crippen molar-refractivity contribution in [3.8, 4) is 17.5 Å². The standard InChI is InChI=1S/C25H27N5O2.C2H6/c1-3-17-13-18(4-2)22(14-21(17)23-28-29-25(27)32-23)24(31)30-11-9-20(10-12-30)19-7-5-16(15-26)6-8-19;1-2/h5-8,13-14,20H,3-4,9-12H2,1-2H3,(H2,27,29);1-2H3. The van der Waals surface area contributed by atoms with Gasteiger partial charge in [-0.05, 0) is 66.5 Å². The van der Waals surface area contributed by atoms with Crippen LogP contribution in [0.1, 0.15) is 79.1 Å². The van der Waals surface area contributed by atoms with Gasteiger partial charge in [-0.2, -0.15) is 5.26 Å². The fourth-order valence-corrected chi connectivity index (χ4v) is 4.44. The average molecular weight is 460 g/mol. The van der Waals surface area contributed by atoms with Crippen molar-refractivity contribution in [1.82, 2.24) is 15.1 Å². The van der Waals surface area contributed by atoms with Crippen molar-refractivity contribution in [3.63, 3.8) is 0 Å². The third kappa shape index (κ3) is 5.28. The highest BCUT2D eigenvalue weighted by Gasteiger charge is 2.27. The van der Waals surface area contributed by atoms with Crippen LogP contribution in [0.3, 0.4) is 0 Å². The Morgan fingerprint density at radius 2 is 1.74 bits per heavy atom. The number of likely N-dealkylation sites (tertiary alicyclic amines) is 1. The second-order valence-corrected chi connectivity index (χ2v) is 8.12. The number of benzene rings is 2. The van der Waals surface area contributed by atoms with Gasteiger partial charge in [0.25, 0.3) is 5.91 Å². The zero-order valence-corrected chi connectivity index (χ0v) is 20.5. The van der Waals surface area contributed by atoms with Gasteiger partial charge in [-0.15, -0.1) is 5.10 Å². The van der Waals surface area contributed by atoms with Crippen LogP contribution in [0, 0.1) is 11.3 Å². The van der Waals surface area contributed by atoms with Gasteiger partial charge in [0.2, 0.25) is 5.89 Å². The minimum atomic E-state index is 0.0133. The summed E-state index contributed by atoms with van der Waals surface area (Å²) in [4.78, 5) is 15.4. The highest BCUT2D eigenvalue weighted by Crippen LogP contribution is 2.32. The van der Waals surface area contributed by atoms with Gasteiger partial charge in [0, 0.05) is 24.2 Å². The summed E-state index contributed by atoms with van der Waals surface area (Å²) in [6.07, 6.45) is 3.36. The van der Waals surface area contributed by atoms with Gasteiger partial charge < -0.3 is 15.1 Å². The maximum absolute atomic E-state index is 13.5. The molecular weight excluding hydrogens is 426 g/mol. The first-order chi connectivity index (χ1) is 16.5. The molecule has 2 aromatic carbocycles. The third-order valence-electron chi connectivity index (χ3n) is 6.29. The van der Waals surface area contributed by atoms with Crippen LogP contribution in [0.25, 0.3) is 11.5 Å². The molecule has 0 radical (unpaired) electrons. The van der Waals surface area contributed by atoms with Gasteiger partial charge in [0.15, 0.2) is 0 Å². The summed E-state index contributed by atoms with van der Waals surface area (Å²) < 4.78 is 5.46. The summed E-state index contributed by atoms with van der Waals surface area (Å²) in [6, 6.07) is 13.9. The molecule has 7 nitrogen and oxygen atoms in total. The third-order valence-corrected chi connectivity index (χ3v) is 6.29. The number of hydrogen-bond acceptors (Lipinski definition) is 6. The molecule has 7 heteroatoms. The van der Waals surface area contributed by atoms with Crippen molar-refractivity contribution in [1.29, 1.82) is 5.26 Å². The maximum atomic E-state index is 13.5. The predicted molar refractivity (Wildman–Crippen MR) is 133 cm³/mol. The Kier molecular flexibility index (Phi) is 8.42. The molecule has 3 aromatic rings. The first-order valence-corrected chi connectivity index (χ1v) is 12.1. The Labute approximate surface area is 201 Å². The minimum absolute atomic E-state index is 0.0133. The minimum Gasteiger partial charge on any atom is -0.404 e. The van der Waals surface area contributed by atoms with Crippen molar-refractivity contribution in [2.45, 2.75) is 59.3 Å². The summed E-state index contributed by atoms with van der Waals surface area (Å²) in [5.41, 5.74) is 11.1. The molecule has 2 heterocycles. The Morgan fingerprint density at radius 1 is 1.09 bits per heavy atom. The molecule has 1 amide bonds. The first-order valence-electron chi connectivity index (χ1n) is 12.1. The number of anilines is 1. The van der Waals surface area contributed by atoms with Crippen LogP contribution < -0.4 is 5.73 Å². The summed E-state index contributed by atoms with van der Waals surface area (Å²) in [5, 5.41) is 16.8. The maximum Gasteiger partial charge on any atom is 0.313 e. The van der Waals surface area contributed by atoms with Crippen LogP contribution in [0.15, 0.2) is 40.8 Å². The van der Waals surface area contributed by atoms with E-state index in [-0.39, 0.29) is 11.9 Å². The largest absolute Gasteiger partial charge is 0.404 e. The number of aryl methyl sites for hydroxylation is 2. The average Bonchev–Trinajstić information content (AvgIpc) is 3.34. The lowest BCUT2D eigenvalue weighted by Gasteiger charge is -2.33. The quantitative estimate of drug-likeness (QED) is 0.550. The number of nitrogens with two attached hydrogens (primary N) is 1. The van der Waals surface area contributed by atoms with E-state index in [0.29, 0.717) is 36.0 Å². The molecule has 0 atom stereocenters. The van der Waals surface area contributed by atoms with Gasteiger partial charge in [-0.25, -0.2) is 0 Å². The van der Waals surface area contributed by atoms with Gasteiger partial charge >= 0.3 is 6.01 Å². The number of nitriles is 1. The lowest BCUT2D eigenvalue weighted by Crippen LogP contribution is -2.38. The van der Waals surface area contributed by atoms with Crippen molar-refractivity contribution in [2.24, 2.45) is 0 Å². The van der Waals surface area contributed by atoms with Gasteiger partial charge in [0.05, 0.1) is 11.6 Å². The van der Waals surface area contributed by atoms with Crippen LogP contribution in [0.5, 0.6) is 0 Å². The molecule has 2 N–H and O–H groups in total. The molecule has 4 rings (SSSR count). The van der Waals surface area contributed by atoms with E-state index in [2.05, 4.69) is 36.2 Å². The van der Waals surface area contributed by atoms with Crippen molar-refractivity contribution in [3.05, 3.63) is 64.2 Å². The number of aromatic nitrogens is 2. The lowest BCUT2D eigenvalue weighted by molar-refractivity contribution is 0.0712. The molecule has 1 aliphatic rings. The molecule has 1 aliphatic heterocycles. The molecule has 0 unspecified atom stereocenters. The molecule has 1 aromatic heterocycles. The van der Waals surface area contributed by atoms with Crippen LogP contribution in [-0.2, 0) is 12.8 Å². The van der Waals surface area contributed by atoms with E-state index in [1.807, 2.05) is 49.1 Å². The smallest absolute Gasteiger partial charge is 0.313 e. The summed E-state index contributed by atoms with van der Waals surface area (Å²) >= 11 is 0. The topological polar surface area (TPSA) is 109 Å².